The van der Waals surface area contributed by atoms with Crippen LogP contribution < -0.4 is 0 Å². The zero-order valence-electron chi connectivity index (χ0n) is 5.05. The minimum absolute atomic E-state index is 0.338. The van der Waals surface area contributed by atoms with Gasteiger partial charge in [0.15, 0.2) is 0 Å². The van der Waals surface area contributed by atoms with E-state index in [1.807, 2.05) is 0 Å². The van der Waals surface area contributed by atoms with Crippen LogP contribution in [0.2, 0.25) is 0 Å². The van der Waals surface area contributed by atoms with Crippen molar-refractivity contribution >= 4 is 15.9 Å². The van der Waals surface area contributed by atoms with E-state index in [0.717, 1.165) is 19.6 Å². The van der Waals surface area contributed by atoms with E-state index in [-0.39, 0.29) is 0 Å². The summed E-state index contributed by atoms with van der Waals surface area (Å²) in [4.78, 5) is 0.435. The predicted octanol–water partition coefficient (Wildman–Crippen LogP) is 0.938. The van der Waals surface area contributed by atoms with Gasteiger partial charge >= 0.3 is 0 Å². The molecule has 0 saturated carbocycles. The van der Waals surface area contributed by atoms with Gasteiger partial charge in [0.2, 0.25) is 0 Å². The van der Waals surface area contributed by atoms with Gasteiger partial charge in [-0.25, -0.2) is 0 Å². The van der Waals surface area contributed by atoms with Gasteiger partial charge in [0, 0.05) is 6.61 Å². The van der Waals surface area contributed by atoms with E-state index in [1.54, 1.807) is 0 Å². The first-order valence-corrected chi connectivity index (χ1v) is 4.17. The molecule has 2 saturated heterocycles. The van der Waals surface area contributed by atoms with Crippen LogP contribution in [0.5, 0.6) is 0 Å². The first-order chi connectivity index (χ1) is 4.38. The fourth-order valence-electron chi connectivity index (χ4n) is 1.42. The van der Waals surface area contributed by atoms with Gasteiger partial charge in [0.05, 0.1) is 23.6 Å². The molecule has 3 atom stereocenters. The second kappa shape index (κ2) is 2.22. The molecule has 0 aromatic carbocycles. The lowest BCUT2D eigenvalue weighted by Gasteiger charge is -2.07. The number of hydrogen-bond acceptors (Lipinski definition) is 2. The summed E-state index contributed by atoms with van der Waals surface area (Å²) in [5.41, 5.74) is 0. The summed E-state index contributed by atoms with van der Waals surface area (Å²) in [6.45, 7) is 1.69. The molecule has 0 aliphatic carbocycles. The van der Waals surface area contributed by atoms with Crippen molar-refractivity contribution in [2.75, 3.05) is 13.2 Å². The minimum Gasteiger partial charge on any atom is -0.374 e. The van der Waals surface area contributed by atoms with E-state index in [4.69, 9.17) is 9.47 Å². The Morgan fingerprint density at radius 1 is 1.33 bits per heavy atom. The highest BCUT2D eigenvalue weighted by molar-refractivity contribution is 9.09. The Morgan fingerprint density at radius 2 is 2.22 bits per heavy atom. The molecule has 2 heterocycles. The zero-order valence-corrected chi connectivity index (χ0v) is 6.63. The molecule has 0 spiro atoms. The Kier molecular flexibility index (Phi) is 1.51. The van der Waals surface area contributed by atoms with Gasteiger partial charge in [-0.2, -0.15) is 0 Å². The summed E-state index contributed by atoms with van der Waals surface area (Å²) in [5, 5.41) is 0. The molecule has 2 nitrogen and oxygen atoms in total. The fraction of sp³-hybridized carbons (Fsp3) is 1.00. The van der Waals surface area contributed by atoms with Gasteiger partial charge in [-0.1, -0.05) is 15.9 Å². The Bertz CT molecular complexity index is 118. The minimum atomic E-state index is 0.338. The van der Waals surface area contributed by atoms with Crippen LogP contribution >= 0.6 is 15.9 Å². The van der Waals surface area contributed by atoms with E-state index < -0.39 is 0 Å². The molecule has 0 unspecified atom stereocenters. The standard InChI is InChI=1S/C6H9BrO2/c7-4-3-9-5-1-2-8-6(4)5/h4-6H,1-3H2/t4-,5+,6+/m0/s1. The van der Waals surface area contributed by atoms with E-state index in [1.165, 1.54) is 0 Å². The van der Waals surface area contributed by atoms with Crippen molar-refractivity contribution in [3.63, 3.8) is 0 Å². The molecule has 2 aliphatic rings. The van der Waals surface area contributed by atoms with Crippen LogP contribution in [-0.2, 0) is 9.47 Å². The van der Waals surface area contributed by atoms with Gasteiger partial charge < -0.3 is 9.47 Å². The van der Waals surface area contributed by atoms with Gasteiger partial charge in [0.25, 0.3) is 0 Å². The van der Waals surface area contributed by atoms with Crippen LogP contribution in [0.4, 0.5) is 0 Å². The van der Waals surface area contributed by atoms with E-state index in [0.29, 0.717) is 17.0 Å². The van der Waals surface area contributed by atoms with Crippen LogP contribution in [0.3, 0.4) is 0 Å². The number of halogens is 1. The number of fused-ring (bicyclic) bond motifs is 1. The first kappa shape index (κ1) is 6.13. The average Bonchev–Trinajstić information content (AvgIpc) is 2.35. The van der Waals surface area contributed by atoms with Gasteiger partial charge in [0.1, 0.15) is 0 Å². The SMILES string of the molecule is Br[C@H]1CO[C@@H]2CCO[C@H]12. The van der Waals surface area contributed by atoms with Crippen molar-refractivity contribution in [2.24, 2.45) is 0 Å². The highest BCUT2D eigenvalue weighted by Crippen LogP contribution is 2.30. The molecular formula is C6H9BrO2. The molecule has 2 rings (SSSR count). The maximum absolute atomic E-state index is 5.42. The lowest BCUT2D eigenvalue weighted by molar-refractivity contribution is 0.0740. The third-order valence-corrected chi connectivity index (χ3v) is 2.69. The van der Waals surface area contributed by atoms with E-state index in [9.17, 15) is 0 Å². The molecule has 0 aromatic heterocycles. The first-order valence-electron chi connectivity index (χ1n) is 3.25. The lowest BCUT2D eigenvalue weighted by atomic mass is 10.2. The molecule has 52 valence electrons. The zero-order chi connectivity index (χ0) is 6.27. The Balaban J connectivity index is 2.07. The maximum atomic E-state index is 5.42. The summed E-state index contributed by atoms with van der Waals surface area (Å²) in [6.07, 6.45) is 1.80. The quantitative estimate of drug-likeness (QED) is 0.533. The van der Waals surface area contributed by atoms with Crippen molar-refractivity contribution < 1.29 is 9.47 Å². The van der Waals surface area contributed by atoms with Crippen molar-refractivity contribution in [3.05, 3.63) is 0 Å². The average molecular weight is 193 g/mol. The molecular weight excluding hydrogens is 184 g/mol. The molecule has 3 heteroatoms. The fourth-order valence-corrected chi connectivity index (χ4v) is 2.06. The normalized spacial score (nSPS) is 49.7. The molecule has 2 fully saturated rings. The third-order valence-electron chi connectivity index (χ3n) is 1.91. The molecule has 0 bridgehead atoms. The Morgan fingerprint density at radius 3 is 3.00 bits per heavy atom. The summed E-state index contributed by atoms with van der Waals surface area (Å²) in [5.74, 6) is 0. The summed E-state index contributed by atoms with van der Waals surface area (Å²) in [6, 6.07) is 0. The van der Waals surface area contributed by atoms with Crippen LogP contribution in [0.1, 0.15) is 6.42 Å². The van der Waals surface area contributed by atoms with Crippen LogP contribution in [0.25, 0.3) is 0 Å². The smallest absolute Gasteiger partial charge is 0.0984 e. The maximum Gasteiger partial charge on any atom is 0.0984 e. The highest BCUT2D eigenvalue weighted by Gasteiger charge is 2.40. The molecule has 0 amide bonds. The van der Waals surface area contributed by atoms with E-state index in [2.05, 4.69) is 15.9 Å². The van der Waals surface area contributed by atoms with Gasteiger partial charge in [-0.15, -0.1) is 0 Å². The molecule has 2 aliphatic heterocycles. The Labute approximate surface area is 62.6 Å². The molecule has 0 radical (unpaired) electrons. The van der Waals surface area contributed by atoms with Crippen LogP contribution in [0.15, 0.2) is 0 Å². The van der Waals surface area contributed by atoms with Gasteiger partial charge in [-0.3, -0.25) is 0 Å². The molecule has 9 heavy (non-hydrogen) atoms. The highest BCUT2D eigenvalue weighted by atomic mass is 79.9. The Hall–Kier alpha value is 0.400. The molecule has 0 aromatic rings. The second-order valence-electron chi connectivity index (χ2n) is 2.51. The summed E-state index contributed by atoms with van der Waals surface area (Å²) < 4.78 is 10.8. The second-order valence-corrected chi connectivity index (χ2v) is 3.69. The largest absolute Gasteiger partial charge is 0.374 e. The third kappa shape index (κ3) is 0.914. The topological polar surface area (TPSA) is 18.5 Å². The number of rotatable bonds is 0. The van der Waals surface area contributed by atoms with Gasteiger partial charge in [-0.05, 0) is 6.42 Å². The van der Waals surface area contributed by atoms with Crippen LogP contribution in [-0.4, -0.2) is 30.2 Å². The molecule has 0 N–H and O–H groups in total. The number of hydrogen-bond donors (Lipinski definition) is 0. The summed E-state index contributed by atoms with van der Waals surface area (Å²) in [7, 11) is 0. The van der Waals surface area contributed by atoms with Crippen molar-refractivity contribution in [2.45, 2.75) is 23.5 Å². The van der Waals surface area contributed by atoms with Crippen LogP contribution in [0, 0.1) is 0 Å². The summed E-state index contributed by atoms with van der Waals surface area (Å²) >= 11 is 3.50. The van der Waals surface area contributed by atoms with Crippen molar-refractivity contribution in [3.8, 4) is 0 Å². The van der Waals surface area contributed by atoms with E-state index >= 15 is 0 Å². The number of alkyl halides is 1. The number of ether oxygens (including phenoxy) is 2. The van der Waals surface area contributed by atoms with Crippen molar-refractivity contribution in [1.29, 1.82) is 0 Å². The predicted molar refractivity (Wildman–Crippen MR) is 36.8 cm³/mol. The lowest BCUT2D eigenvalue weighted by Crippen LogP contribution is -2.21. The van der Waals surface area contributed by atoms with Crippen molar-refractivity contribution in [1.82, 2.24) is 0 Å². The monoisotopic (exact) mass is 192 g/mol.